The number of allylic oxidation sites excluding steroid dienone is 2. The Morgan fingerprint density at radius 3 is 2.38 bits per heavy atom. The van der Waals surface area contributed by atoms with Gasteiger partial charge in [0.25, 0.3) is 5.91 Å². The van der Waals surface area contributed by atoms with Gasteiger partial charge in [0, 0.05) is 11.4 Å². The normalized spacial score (nSPS) is 11.6. The summed E-state index contributed by atoms with van der Waals surface area (Å²) in [5.41, 5.74) is -0.851. The number of carbonyl (C=O) groups is 2. The molecule has 8 heteroatoms. The van der Waals surface area contributed by atoms with Gasteiger partial charge in [0.2, 0.25) is 0 Å². The van der Waals surface area contributed by atoms with E-state index in [2.05, 4.69) is 16.9 Å². The van der Waals surface area contributed by atoms with E-state index in [1.165, 1.54) is 12.1 Å². The standard InChI is InChI=1S/C21H16ClF3N2O2/c1-3-5-13(26-12(2)22)11-19(28)15-10-14(8-9-16(15)23)27-21(29)20-17(24)6-4-7-18(20)25/h3-10H,2,11H2,1H3,(H,27,29)/b5-3-,26-13+. The highest BCUT2D eigenvalue weighted by molar-refractivity contribution is 6.30. The molecule has 29 heavy (non-hydrogen) atoms. The van der Waals surface area contributed by atoms with Gasteiger partial charge in [-0.25, -0.2) is 18.2 Å². The number of anilines is 1. The molecule has 0 heterocycles. The molecule has 0 saturated heterocycles. The highest BCUT2D eigenvalue weighted by Gasteiger charge is 2.19. The summed E-state index contributed by atoms with van der Waals surface area (Å²) in [5, 5.41) is 2.21. The van der Waals surface area contributed by atoms with E-state index in [1.54, 1.807) is 13.0 Å². The van der Waals surface area contributed by atoms with Gasteiger partial charge in [-0.15, -0.1) is 0 Å². The summed E-state index contributed by atoms with van der Waals surface area (Å²) in [6, 6.07) is 6.21. The number of hydrogen-bond donors (Lipinski definition) is 1. The Morgan fingerprint density at radius 1 is 1.14 bits per heavy atom. The number of aliphatic imine (C=N–C) groups is 1. The highest BCUT2D eigenvalue weighted by atomic mass is 35.5. The topological polar surface area (TPSA) is 58.5 Å². The summed E-state index contributed by atoms with van der Waals surface area (Å²) in [6.07, 6.45) is 2.88. The monoisotopic (exact) mass is 420 g/mol. The fraction of sp³-hybridized carbons (Fsp3) is 0.0952. The molecule has 150 valence electrons. The molecule has 2 aromatic rings. The van der Waals surface area contributed by atoms with Crippen molar-refractivity contribution in [3.05, 3.63) is 88.9 Å². The molecule has 4 nitrogen and oxygen atoms in total. The number of carbonyl (C=O) groups excluding carboxylic acids is 2. The molecule has 0 fully saturated rings. The summed E-state index contributed by atoms with van der Waals surface area (Å²) < 4.78 is 41.6. The molecule has 0 radical (unpaired) electrons. The summed E-state index contributed by atoms with van der Waals surface area (Å²) in [7, 11) is 0. The van der Waals surface area contributed by atoms with Gasteiger partial charge in [-0.3, -0.25) is 9.59 Å². The predicted molar refractivity (Wildman–Crippen MR) is 107 cm³/mol. The minimum atomic E-state index is -1.07. The van der Waals surface area contributed by atoms with Crippen LogP contribution in [0.5, 0.6) is 0 Å². The minimum absolute atomic E-state index is 0.00585. The minimum Gasteiger partial charge on any atom is -0.322 e. The van der Waals surface area contributed by atoms with Crippen molar-refractivity contribution in [1.82, 2.24) is 0 Å². The van der Waals surface area contributed by atoms with Crippen LogP contribution < -0.4 is 5.32 Å². The molecule has 0 unspecified atom stereocenters. The first kappa shape index (κ1) is 22.1. The van der Waals surface area contributed by atoms with Gasteiger partial charge in [0.15, 0.2) is 5.78 Å². The Hall–Kier alpha value is -3.19. The Kier molecular flexibility index (Phi) is 7.50. The average Bonchev–Trinajstić information content (AvgIpc) is 2.62. The fourth-order valence-electron chi connectivity index (χ4n) is 2.47. The number of nitrogens with zero attached hydrogens (tertiary/aromatic N) is 1. The van der Waals surface area contributed by atoms with E-state index in [0.717, 1.165) is 30.3 Å². The van der Waals surface area contributed by atoms with Crippen LogP contribution in [-0.2, 0) is 0 Å². The molecule has 0 atom stereocenters. The maximum atomic E-state index is 14.2. The molecule has 1 amide bonds. The van der Waals surface area contributed by atoms with Gasteiger partial charge in [-0.05, 0) is 43.3 Å². The van der Waals surface area contributed by atoms with E-state index >= 15 is 0 Å². The van der Waals surface area contributed by atoms with Crippen molar-refractivity contribution in [3.8, 4) is 0 Å². The molecule has 0 aliphatic heterocycles. The Labute approximate surface area is 170 Å². The van der Waals surface area contributed by atoms with Crippen LogP contribution >= 0.6 is 11.6 Å². The summed E-state index contributed by atoms with van der Waals surface area (Å²) in [5.74, 6) is -4.62. The quantitative estimate of drug-likeness (QED) is 0.357. The Morgan fingerprint density at radius 2 is 1.79 bits per heavy atom. The van der Waals surface area contributed by atoms with Gasteiger partial charge in [0.1, 0.15) is 28.2 Å². The number of ketones is 1. The largest absolute Gasteiger partial charge is 0.322 e. The van der Waals surface area contributed by atoms with Crippen LogP contribution in [0.15, 0.2) is 65.3 Å². The van der Waals surface area contributed by atoms with Crippen LogP contribution in [-0.4, -0.2) is 17.4 Å². The van der Waals surface area contributed by atoms with Crippen molar-refractivity contribution in [2.24, 2.45) is 4.99 Å². The van der Waals surface area contributed by atoms with E-state index in [0.29, 0.717) is 0 Å². The van der Waals surface area contributed by atoms with Gasteiger partial charge >= 0.3 is 0 Å². The number of hydrogen-bond acceptors (Lipinski definition) is 3. The lowest BCUT2D eigenvalue weighted by Gasteiger charge is -2.09. The third kappa shape index (κ3) is 5.89. The molecule has 0 aromatic heterocycles. The van der Waals surface area contributed by atoms with Crippen molar-refractivity contribution >= 4 is 34.7 Å². The lowest BCUT2D eigenvalue weighted by Crippen LogP contribution is -2.16. The zero-order valence-electron chi connectivity index (χ0n) is 15.3. The second-order valence-corrected chi connectivity index (χ2v) is 6.26. The third-order valence-electron chi connectivity index (χ3n) is 3.68. The van der Waals surface area contributed by atoms with Crippen molar-refractivity contribution < 1.29 is 22.8 Å². The molecule has 0 aliphatic rings. The van der Waals surface area contributed by atoms with Gasteiger partial charge in [0.05, 0.1) is 12.0 Å². The van der Waals surface area contributed by atoms with Crippen LogP contribution in [0.4, 0.5) is 18.9 Å². The van der Waals surface area contributed by atoms with Crippen LogP contribution in [0.1, 0.15) is 34.1 Å². The van der Waals surface area contributed by atoms with Crippen LogP contribution in [0.3, 0.4) is 0 Å². The Bertz CT molecular complexity index is 1010. The number of rotatable bonds is 7. The number of benzene rings is 2. The predicted octanol–water partition coefficient (Wildman–Crippen LogP) is 5.66. The zero-order chi connectivity index (χ0) is 21.6. The number of Topliss-reactive ketones (excluding diaryl/α,β-unsaturated/α-hetero) is 1. The van der Waals surface area contributed by atoms with E-state index in [1.807, 2.05) is 0 Å². The van der Waals surface area contributed by atoms with E-state index in [-0.39, 0.29) is 28.5 Å². The van der Waals surface area contributed by atoms with Crippen molar-refractivity contribution in [3.63, 3.8) is 0 Å². The molecule has 2 rings (SSSR count). The smallest absolute Gasteiger partial charge is 0.261 e. The first-order valence-corrected chi connectivity index (χ1v) is 8.73. The van der Waals surface area contributed by atoms with Gasteiger partial charge < -0.3 is 5.32 Å². The second kappa shape index (κ2) is 9.84. The maximum Gasteiger partial charge on any atom is 0.261 e. The van der Waals surface area contributed by atoms with E-state index in [4.69, 9.17) is 11.6 Å². The zero-order valence-corrected chi connectivity index (χ0v) is 16.1. The van der Waals surface area contributed by atoms with Crippen molar-refractivity contribution in [2.45, 2.75) is 13.3 Å². The molecule has 2 aromatic carbocycles. The fourth-order valence-corrected chi connectivity index (χ4v) is 2.58. The summed E-state index contributed by atoms with van der Waals surface area (Å²) >= 11 is 5.63. The second-order valence-electron chi connectivity index (χ2n) is 5.82. The van der Waals surface area contributed by atoms with Crippen LogP contribution in [0, 0.1) is 17.5 Å². The molecule has 0 aliphatic carbocycles. The lowest BCUT2D eigenvalue weighted by atomic mass is 10.0. The Balaban J connectivity index is 2.28. The average molecular weight is 421 g/mol. The maximum absolute atomic E-state index is 14.2. The third-order valence-corrected chi connectivity index (χ3v) is 3.76. The first-order chi connectivity index (χ1) is 13.7. The number of nitrogens with one attached hydrogen (secondary N) is 1. The molecule has 0 saturated carbocycles. The van der Waals surface area contributed by atoms with Crippen LogP contribution in [0.2, 0.25) is 0 Å². The summed E-state index contributed by atoms with van der Waals surface area (Å²) in [6.45, 7) is 5.12. The lowest BCUT2D eigenvalue weighted by molar-refractivity contribution is 0.0991. The van der Waals surface area contributed by atoms with E-state index < -0.39 is 34.7 Å². The first-order valence-electron chi connectivity index (χ1n) is 8.35. The highest BCUT2D eigenvalue weighted by Crippen LogP contribution is 2.20. The van der Waals surface area contributed by atoms with Crippen molar-refractivity contribution in [1.29, 1.82) is 0 Å². The van der Waals surface area contributed by atoms with Crippen LogP contribution in [0.25, 0.3) is 0 Å². The molecule has 1 N–H and O–H groups in total. The summed E-state index contributed by atoms with van der Waals surface area (Å²) in [4.78, 5) is 28.6. The van der Waals surface area contributed by atoms with E-state index in [9.17, 15) is 22.8 Å². The van der Waals surface area contributed by atoms with Gasteiger partial charge in [-0.1, -0.05) is 30.3 Å². The molecule has 0 bridgehead atoms. The van der Waals surface area contributed by atoms with Crippen molar-refractivity contribution in [2.75, 3.05) is 5.32 Å². The molecular weight excluding hydrogens is 405 g/mol. The molecular formula is C21H16ClF3N2O2. The number of halogens is 4. The molecule has 0 spiro atoms. The number of amides is 1. The van der Waals surface area contributed by atoms with Gasteiger partial charge in [-0.2, -0.15) is 0 Å². The SMILES string of the molecule is C=C(Cl)/N=C(\C=C/C)CC(=O)c1cc(NC(=O)c2c(F)cccc2F)ccc1F.